The maximum atomic E-state index is 5.42. The molecule has 1 N–H and O–H groups in total. The summed E-state index contributed by atoms with van der Waals surface area (Å²) in [6, 6.07) is 8.41. The third-order valence-electron chi connectivity index (χ3n) is 3.15. The average Bonchev–Trinajstić information content (AvgIpc) is 2.57. The quantitative estimate of drug-likeness (QED) is 0.801. The predicted molar refractivity (Wildman–Crippen MR) is 62.5 cm³/mol. The lowest BCUT2D eigenvalue weighted by molar-refractivity contribution is 0.402. The molecule has 82 valence electrons. The highest BCUT2D eigenvalue weighted by Crippen LogP contribution is 2.32. The van der Waals surface area contributed by atoms with Gasteiger partial charge in [-0.3, -0.25) is 0 Å². The molecule has 0 spiro atoms. The van der Waals surface area contributed by atoms with Gasteiger partial charge in [-0.1, -0.05) is 18.2 Å². The first-order valence-corrected chi connectivity index (χ1v) is 5.75. The van der Waals surface area contributed by atoms with Crippen LogP contribution in [0.5, 0.6) is 5.75 Å². The molecule has 1 heterocycles. The largest absolute Gasteiger partial charge is 0.496 e. The highest BCUT2D eigenvalue weighted by molar-refractivity contribution is 5.36. The lowest BCUT2D eigenvalue weighted by Gasteiger charge is -2.17. The molecule has 0 radical (unpaired) electrons. The van der Waals surface area contributed by atoms with Gasteiger partial charge in [0.15, 0.2) is 0 Å². The molecule has 0 aliphatic carbocycles. The van der Waals surface area contributed by atoms with Crippen molar-refractivity contribution in [1.82, 2.24) is 5.32 Å². The summed E-state index contributed by atoms with van der Waals surface area (Å²) >= 11 is 0. The van der Waals surface area contributed by atoms with Crippen molar-refractivity contribution in [2.45, 2.75) is 25.2 Å². The Morgan fingerprint density at radius 3 is 2.93 bits per heavy atom. The summed E-state index contributed by atoms with van der Waals surface area (Å²) in [4.78, 5) is 0. The van der Waals surface area contributed by atoms with Crippen molar-refractivity contribution >= 4 is 0 Å². The SMILES string of the molecule is COc1ccccc1[C@H]1CCCNCC1. The van der Waals surface area contributed by atoms with Crippen LogP contribution in [0.1, 0.15) is 30.7 Å². The second-order valence-electron chi connectivity index (χ2n) is 4.12. The molecule has 15 heavy (non-hydrogen) atoms. The van der Waals surface area contributed by atoms with Gasteiger partial charge in [-0.05, 0) is 49.9 Å². The number of rotatable bonds is 2. The molecule has 0 saturated carbocycles. The molecule has 1 aliphatic rings. The van der Waals surface area contributed by atoms with Crippen molar-refractivity contribution in [3.8, 4) is 5.75 Å². The lowest BCUT2D eigenvalue weighted by Crippen LogP contribution is -2.13. The molecule has 1 atom stereocenters. The molecule has 2 rings (SSSR count). The fourth-order valence-electron chi connectivity index (χ4n) is 2.33. The zero-order chi connectivity index (χ0) is 10.5. The Bertz CT molecular complexity index is 303. The van der Waals surface area contributed by atoms with Crippen molar-refractivity contribution in [2.24, 2.45) is 0 Å². The van der Waals surface area contributed by atoms with Gasteiger partial charge in [-0.2, -0.15) is 0 Å². The van der Waals surface area contributed by atoms with E-state index in [-0.39, 0.29) is 0 Å². The van der Waals surface area contributed by atoms with Gasteiger partial charge < -0.3 is 10.1 Å². The third kappa shape index (κ3) is 2.51. The Hall–Kier alpha value is -1.02. The molecule has 0 amide bonds. The van der Waals surface area contributed by atoms with Crippen LogP contribution in [-0.4, -0.2) is 20.2 Å². The standard InChI is InChI=1S/C13H19NO/c1-15-13-7-3-2-6-12(13)11-5-4-9-14-10-8-11/h2-3,6-7,11,14H,4-5,8-10H2,1H3/t11-/m0/s1. The van der Waals surface area contributed by atoms with Crippen LogP contribution in [0, 0.1) is 0 Å². The van der Waals surface area contributed by atoms with E-state index in [0.717, 1.165) is 18.8 Å². The Morgan fingerprint density at radius 1 is 1.20 bits per heavy atom. The second-order valence-corrected chi connectivity index (χ2v) is 4.12. The second kappa shape index (κ2) is 5.17. The van der Waals surface area contributed by atoms with Crippen molar-refractivity contribution in [3.63, 3.8) is 0 Å². The zero-order valence-electron chi connectivity index (χ0n) is 9.33. The molecular formula is C13H19NO. The average molecular weight is 205 g/mol. The van der Waals surface area contributed by atoms with Crippen LogP contribution < -0.4 is 10.1 Å². The smallest absolute Gasteiger partial charge is 0.122 e. The van der Waals surface area contributed by atoms with Crippen LogP contribution in [0.2, 0.25) is 0 Å². The number of methoxy groups -OCH3 is 1. The normalized spacial score (nSPS) is 22.1. The number of para-hydroxylation sites is 1. The topological polar surface area (TPSA) is 21.3 Å². The maximum absolute atomic E-state index is 5.42. The van der Waals surface area contributed by atoms with Crippen LogP contribution in [0.15, 0.2) is 24.3 Å². The summed E-state index contributed by atoms with van der Waals surface area (Å²) in [6.45, 7) is 2.29. The summed E-state index contributed by atoms with van der Waals surface area (Å²) in [5.41, 5.74) is 1.38. The van der Waals surface area contributed by atoms with Crippen LogP contribution in [0.4, 0.5) is 0 Å². The Morgan fingerprint density at radius 2 is 2.07 bits per heavy atom. The van der Waals surface area contributed by atoms with Crippen molar-refractivity contribution < 1.29 is 4.74 Å². The van der Waals surface area contributed by atoms with Crippen LogP contribution in [-0.2, 0) is 0 Å². The molecule has 0 bridgehead atoms. The number of hydrogen-bond donors (Lipinski definition) is 1. The number of nitrogens with one attached hydrogen (secondary N) is 1. The molecule has 1 aromatic carbocycles. The number of benzene rings is 1. The molecule has 1 aliphatic heterocycles. The van der Waals surface area contributed by atoms with Gasteiger partial charge in [0.25, 0.3) is 0 Å². The maximum Gasteiger partial charge on any atom is 0.122 e. The number of ether oxygens (including phenoxy) is 1. The summed E-state index contributed by atoms with van der Waals surface area (Å²) in [5.74, 6) is 1.71. The fourth-order valence-corrected chi connectivity index (χ4v) is 2.33. The van der Waals surface area contributed by atoms with E-state index in [9.17, 15) is 0 Å². The summed E-state index contributed by atoms with van der Waals surface area (Å²) in [7, 11) is 1.76. The van der Waals surface area contributed by atoms with Crippen molar-refractivity contribution in [1.29, 1.82) is 0 Å². The molecule has 2 heteroatoms. The van der Waals surface area contributed by atoms with Gasteiger partial charge in [-0.25, -0.2) is 0 Å². The highest BCUT2D eigenvalue weighted by Gasteiger charge is 2.16. The van der Waals surface area contributed by atoms with E-state index in [4.69, 9.17) is 4.74 Å². The lowest BCUT2D eigenvalue weighted by atomic mass is 9.91. The van der Waals surface area contributed by atoms with E-state index in [0.29, 0.717) is 5.92 Å². The first-order chi connectivity index (χ1) is 7.42. The van der Waals surface area contributed by atoms with E-state index in [2.05, 4.69) is 23.5 Å². The Labute approximate surface area is 91.6 Å². The van der Waals surface area contributed by atoms with E-state index in [1.165, 1.54) is 24.8 Å². The molecule has 1 fully saturated rings. The Balaban J connectivity index is 2.18. The zero-order valence-corrected chi connectivity index (χ0v) is 9.33. The monoisotopic (exact) mass is 205 g/mol. The van der Waals surface area contributed by atoms with E-state index >= 15 is 0 Å². The first-order valence-electron chi connectivity index (χ1n) is 5.75. The van der Waals surface area contributed by atoms with Crippen molar-refractivity contribution in [2.75, 3.05) is 20.2 Å². The van der Waals surface area contributed by atoms with E-state index in [1.54, 1.807) is 7.11 Å². The van der Waals surface area contributed by atoms with Gasteiger partial charge in [0.2, 0.25) is 0 Å². The summed E-state index contributed by atoms with van der Waals surface area (Å²) in [5, 5.41) is 3.44. The van der Waals surface area contributed by atoms with E-state index in [1.807, 2.05) is 6.07 Å². The predicted octanol–water partition coefficient (Wildman–Crippen LogP) is 2.55. The number of hydrogen-bond acceptors (Lipinski definition) is 2. The van der Waals surface area contributed by atoms with Crippen LogP contribution in [0.3, 0.4) is 0 Å². The highest BCUT2D eigenvalue weighted by atomic mass is 16.5. The molecular weight excluding hydrogens is 186 g/mol. The molecule has 1 aromatic rings. The van der Waals surface area contributed by atoms with Gasteiger partial charge in [0, 0.05) is 0 Å². The molecule has 0 aromatic heterocycles. The summed E-state index contributed by atoms with van der Waals surface area (Å²) in [6.07, 6.45) is 3.76. The summed E-state index contributed by atoms with van der Waals surface area (Å²) < 4.78 is 5.42. The molecule has 2 nitrogen and oxygen atoms in total. The van der Waals surface area contributed by atoms with Crippen LogP contribution in [0.25, 0.3) is 0 Å². The van der Waals surface area contributed by atoms with E-state index < -0.39 is 0 Å². The van der Waals surface area contributed by atoms with Crippen LogP contribution >= 0.6 is 0 Å². The minimum Gasteiger partial charge on any atom is -0.496 e. The minimum absolute atomic E-state index is 0.663. The van der Waals surface area contributed by atoms with Gasteiger partial charge >= 0.3 is 0 Å². The first kappa shape index (κ1) is 10.5. The van der Waals surface area contributed by atoms with Crippen molar-refractivity contribution in [3.05, 3.63) is 29.8 Å². The van der Waals surface area contributed by atoms with Gasteiger partial charge in [0.1, 0.15) is 5.75 Å². The molecule has 1 saturated heterocycles. The fraction of sp³-hybridized carbons (Fsp3) is 0.538. The Kier molecular flexibility index (Phi) is 3.62. The van der Waals surface area contributed by atoms with Gasteiger partial charge in [0.05, 0.1) is 7.11 Å². The minimum atomic E-state index is 0.663. The molecule has 0 unspecified atom stereocenters. The van der Waals surface area contributed by atoms with Gasteiger partial charge in [-0.15, -0.1) is 0 Å². The third-order valence-corrected chi connectivity index (χ3v) is 3.15.